The molecule has 0 aliphatic heterocycles. The zero-order valence-corrected chi connectivity index (χ0v) is 10.2. The zero-order chi connectivity index (χ0) is 13.1. The number of hydrogen-bond donors (Lipinski definition) is 2. The minimum absolute atomic E-state index is 0.269. The van der Waals surface area contributed by atoms with E-state index in [9.17, 15) is 4.79 Å². The van der Waals surface area contributed by atoms with Crippen LogP contribution in [0.15, 0.2) is 24.3 Å². The van der Waals surface area contributed by atoms with E-state index < -0.39 is 5.91 Å². The highest BCUT2D eigenvalue weighted by Crippen LogP contribution is 2.19. The van der Waals surface area contributed by atoms with E-state index in [-0.39, 0.29) is 6.10 Å². The van der Waals surface area contributed by atoms with E-state index in [2.05, 4.69) is 15.2 Å². The molecule has 0 aliphatic carbocycles. The average molecular weight is 246 g/mol. The predicted octanol–water partition coefficient (Wildman–Crippen LogP) is 1.35. The molecule has 6 heteroatoms. The monoisotopic (exact) mass is 246 g/mol. The van der Waals surface area contributed by atoms with Gasteiger partial charge in [-0.3, -0.25) is 9.89 Å². The number of H-pyrrole nitrogens is 1. The number of benzene rings is 1. The maximum absolute atomic E-state index is 10.9. The van der Waals surface area contributed by atoms with Crippen molar-refractivity contribution < 1.29 is 9.53 Å². The molecule has 0 fully saturated rings. The normalized spacial score (nSPS) is 12.1. The summed E-state index contributed by atoms with van der Waals surface area (Å²) in [6, 6.07) is 6.62. The fourth-order valence-corrected chi connectivity index (χ4v) is 1.50. The third kappa shape index (κ3) is 2.65. The molecule has 1 amide bonds. The molecule has 1 heterocycles. The summed E-state index contributed by atoms with van der Waals surface area (Å²) in [6.07, 6.45) is -0.269. The highest BCUT2D eigenvalue weighted by molar-refractivity contribution is 5.92. The van der Waals surface area contributed by atoms with Crippen LogP contribution in [0.25, 0.3) is 0 Å². The van der Waals surface area contributed by atoms with Gasteiger partial charge in [0.25, 0.3) is 0 Å². The van der Waals surface area contributed by atoms with Crippen molar-refractivity contribution in [2.24, 2.45) is 5.73 Å². The number of nitrogens with two attached hydrogens (primary N) is 1. The highest BCUT2D eigenvalue weighted by atomic mass is 16.5. The van der Waals surface area contributed by atoms with Crippen LogP contribution in [0.3, 0.4) is 0 Å². The minimum atomic E-state index is -0.459. The highest BCUT2D eigenvalue weighted by Gasteiger charge is 2.12. The van der Waals surface area contributed by atoms with E-state index in [0.29, 0.717) is 17.1 Å². The first-order chi connectivity index (χ1) is 8.56. The minimum Gasteiger partial charge on any atom is -0.483 e. The van der Waals surface area contributed by atoms with Crippen LogP contribution >= 0.6 is 0 Å². The van der Waals surface area contributed by atoms with Gasteiger partial charge in [-0.05, 0) is 38.1 Å². The molecule has 0 saturated heterocycles. The van der Waals surface area contributed by atoms with Crippen molar-refractivity contribution in [2.75, 3.05) is 0 Å². The number of amides is 1. The Balaban J connectivity index is 2.07. The van der Waals surface area contributed by atoms with Gasteiger partial charge >= 0.3 is 0 Å². The van der Waals surface area contributed by atoms with E-state index in [0.717, 1.165) is 5.82 Å². The first-order valence-corrected chi connectivity index (χ1v) is 5.51. The summed E-state index contributed by atoms with van der Waals surface area (Å²) in [7, 11) is 0. The number of hydrogen-bond acceptors (Lipinski definition) is 4. The molecule has 1 aromatic heterocycles. The standard InChI is InChI=1S/C12H14N4O2/c1-7(12-14-8(2)15-16-12)18-10-5-3-9(4-6-10)11(13)17/h3-7H,1-2H3,(H2,13,17)(H,14,15,16). The summed E-state index contributed by atoms with van der Waals surface area (Å²) in [5, 5.41) is 6.78. The largest absolute Gasteiger partial charge is 0.483 e. The second-order valence-electron chi connectivity index (χ2n) is 3.93. The molecular formula is C12H14N4O2. The van der Waals surface area contributed by atoms with Crippen molar-refractivity contribution in [1.82, 2.24) is 15.2 Å². The Morgan fingerprint density at radius 2 is 2.06 bits per heavy atom. The molecule has 0 aliphatic rings. The second-order valence-corrected chi connectivity index (χ2v) is 3.93. The lowest BCUT2D eigenvalue weighted by Crippen LogP contribution is -2.10. The third-order valence-electron chi connectivity index (χ3n) is 2.43. The number of nitrogens with zero attached hydrogens (tertiary/aromatic N) is 2. The number of carbonyl (C=O) groups excluding carboxylic acids is 1. The van der Waals surface area contributed by atoms with Crippen molar-refractivity contribution in [3.05, 3.63) is 41.5 Å². The molecule has 6 nitrogen and oxygen atoms in total. The molecule has 0 spiro atoms. The number of primary amides is 1. The van der Waals surface area contributed by atoms with Crippen LogP contribution in [-0.2, 0) is 0 Å². The van der Waals surface area contributed by atoms with Gasteiger partial charge in [0.05, 0.1) is 0 Å². The topological polar surface area (TPSA) is 93.9 Å². The lowest BCUT2D eigenvalue weighted by atomic mass is 10.2. The van der Waals surface area contributed by atoms with Crippen LogP contribution in [0.1, 0.15) is 35.0 Å². The Hall–Kier alpha value is -2.37. The van der Waals surface area contributed by atoms with Gasteiger partial charge in [0.15, 0.2) is 11.9 Å². The Morgan fingerprint density at radius 3 is 2.56 bits per heavy atom. The number of ether oxygens (including phenoxy) is 1. The molecule has 2 aromatic rings. The smallest absolute Gasteiger partial charge is 0.248 e. The predicted molar refractivity (Wildman–Crippen MR) is 65.1 cm³/mol. The number of aromatic nitrogens is 3. The van der Waals surface area contributed by atoms with Gasteiger partial charge in [0.1, 0.15) is 11.6 Å². The summed E-state index contributed by atoms with van der Waals surface area (Å²) in [6.45, 7) is 3.68. The maximum Gasteiger partial charge on any atom is 0.248 e. The lowest BCUT2D eigenvalue weighted by molar-refractivity contribution is 0.1000. The second kappa shape index (κ2) is 4.87. The first-order valence-electron chi connectivity index (χ1n) is 5.51. The van der Waals surface area contributed by atoms with Gasteiger partial charge in [-0.1, -0.05) is 0 Å². The Labute approximate surface area is 104 Å². The molecule has 2 rings (SSSR count). The summed E-state index contributed by atoms with van der Waals surface area (Å²) < 4.78 is 5.65. The SMILES string of the molecule is Cc1nc(C(C)Oc2ccc(C(N)=O)cc2)n[nH]1. The summed E-state index contributed by atoms with van der Waals surface area (Å²) in [5.74, 6) is 1.50. The molecule has 1 aromatic carbocycles. The van der Waals surface area contributed by atoms with Crippen LogP contribution in [0.2, 0.25) is 0 Å². The van der Waals surface area contributed by atoms with Gasteiger partial charge in [0, 0.05) is 5.56 Å². The van der Waals surface area contributed by atoms with Crippen LogP contribution in [-0.4, -0.2) is 21.1 Å². The van der Waals surface area contributed by atoms with Gasteiger partial charge in [-0.15, -0.1) is 0 Å². The third-order valence-corrected chi connectivity index (χ3v) is 2.43. The van der Waals surface area contributed by atoms with Crippen LogP contribution < -0.4 is 10.5 Å². The maximum atomic E-state index is 10.9. The molecule has 0 bridgehead atoms. The van der Waals surface area contributed by atoms with E-state index in [1.165, 1.54) is 0 Å². The molecule has 0 saturated carbocycles. The van der Waals surface area contributed by atoms with Crippen molar-refractivity contribution in [1.29, 1.82) is 0 Å². The van der Waals surface area contributed by atoms with Gasteiger partial charge in [0.2, 0.25) is 5.91 Å². The average Bonchev–Trinajstić information content (AvgIpc) is 2.76. The van der Waals surface area contributed by atoms with E-state index >= 15 is 0 Å². The molecule has 3 N–H and O–H groups in total. The van der Waals surface area contributed by atoms with E-state index in [1.807, 2.05) is 13.8 Å². The molecule has 18 heavy (non-hydrogen) atoms. The van der Waals surface area contributed by atoms with Gasteiger partial charge in [-0.2, -0.15) is 5.10 Å². The van der Waals surface area contributed by atoms with Crippen molar-refractivity contribution in [3.8, 4) is 5.75 Å². The Bertz CT molecular complexity index is 547. The van der Waals surface area contributed by atoms with E-state index in [1.54, 1.807) is 24.3 Å². The molecule has 1 unspecified atom stereocenters. The first kappa shape index (κ1) is 12.1. The van der Waals surface area contributed by atoms with Crippen molar-refractivity contribution in [3.63, 3.8) is 0 Å². The number of aromatic amines is 1. The quantitative estimate of drug-likeness (QED) is 0.851. The molecule has 1 atom stereocenters. The molecule has 94 valence electrons. The fourth-order valence-electron chi connectivity index (χ4n) is 1.50. The van der Waals surface area contributed by atoms with Crippen molar-refractivity contribution >= 4 is 5.91 Å². The van der Waals surface area contributed by atoms with Crippen molar-refractivity contribution in [2.45, 2.75) is 20.0 Å². The number of aryl methyl sites for hydroxylation is 1. The summed E-state index contributed by atoms with van der Waals surface area (Å²) in [4.78, 5) is 15.1. The summed E-state index contributed by atoms with van der Waals surface area (Å²) >= 11 is 0. The number of carbonyl (C=O) groups is 1. The molecule has 0 radical (unpaired) electrons. The number of rotatable bonds is 4. The van der Waals surface area contributed by atoms with Crippen LogP contribution in [0, 0.1) is 6.92 Å². The lowest BCUT2D eigenvalue weighted by Gasteiger charge is -2.11. The Morgan fingerprint density at radius 1 is 1.39 bits per heavy atom. The van der Waals surface area contributed by atoms with E-state index in [4.69, 9.17) is 10.5 Å². The summed E-state index contributed by atoms with van der Waals surface area (Å²) in [5.41, 5.74) is 5.60. The van der Waals surface area contributed by atoms with Crippen LogP contribution in [0.4, 0.5) is 0 Å². The Kier molecular flexibility index (Phi) is 3.27. The fraction of sp³-hybridized carbons (Fsp3) is 0.250. The van der Waals surface area contributed by atoms with Gasteiger partial charge < -0.3 is 10.5 Å². The van der Waals surface area contributed by atoms with Gasteiger partial charge in [-0.25, -0.2) is 4.98 Å². The molecular weight excluding hydrogens is 232 g/mol. The zero-order valence-electron chi connectivity index (χ0n) is 10.2. The number of nitrogens with one attached hydrogen (secondary N) is 1. The van der Waals surface area contributed by atoms with Crippen LogP contribution in [0.5, 0.6) is 5.75 Å².